The Bertz CT molecular complexity index is 1240. The predicted molar refractivity (Wildman–Crippen MR) is 117 cm³/mol. The SMILES string of the molecule is CCOc1nccnc1-c1cc([C@@H]2CCN2c2nc(C)cc(Nc3cc(C)[nH]n3)n2)on1. The number of anilines is 3. The number of H-pyrrole nitrogens is 1. The van der Waals surface area contributed by atoms with Crippen molar-refractivity contribution in [1.29, 1.82) is 0 Å². The molecule has 0 radical (unpaired) electrons. The van der Waals surface area contributed by atoms with Crippen LogP contribution in [0.3, 0.4) is 0 Å². The second kappa shape index (κ2) is 8.25. The van der Waals surface area contributed by atoms with Crippen molar-refractivity contribution < 1.29 is 9.26 Å². The van der Waals surface area contributed by atoms with E-state index in [0.29, 0.717) is 41.5 Å². The molecule has 164 valence electrons. The second-order valence-corrected chi connectivity index (χ2v) is 7.51. The second-order valence-electron chi connectivity index (χ2n) is 7.51. The van der Waals surface area contributed by atoms with Crippen LogP contribution in [0.4, 0.5) is 17.6 Å². The predicted octanol–water partition coefficient (Wildman–Crippen LogP) is 3.36. The number of rotatable bonds is 7. The zero-order chi connectivity index (χ0) is 22.1. The first-order valence-corrected chi connectivity index (χ1v) is 10.4. The summed E-state index contributed by atoms with van der Waals surface area (Å²) >= 11 is 0. The molecule has 1 saturated heterocycles. The van der Waals surface area contributed by atoms with E-state index in [2.05, 4.69) is 45.5 Å². The molecule has 0 aliphatic carbocycles. The monoisotopic (exact) mass is 433 g/mol. The van der Waals surface area contributed by atoms with Crippen LogP contribution in [0.1, 0.15) is 36.5 Å². The summed E-state index contributed by atoms with van der Waals surface area (Å²) in [6.45, 7) is 7.10. The quantitative estimate of drug-likeness (QED) is 0.447. The third-order valence-electron chi connectivity index (χ3n) is 5.13. The van der Waals surface area contributed by atoms with Crippen LogP contribution < -0.4 is 15.0 Å². The number of aromatic amines is 1. The summed E-state index contributed by atoms with van der Waals surface area (Å²) in [6.07, 6.45) is 4.11. The van der Waals surface area contributed by atoms with Gasteiger partial charge in [0.25, 0.3) is 0 Å². The van der Waals surface area contributed by atoms with Gasteiger partial charge in [-0.25, -0.2) is 15.0 Å². The first kappa shape index (κ1) is 19.9. The summed E-state index contributed by atoms with van der Waals surface area (Å²) in [5.74, 6) is 3.18. The molecular formula is C21H23N9O2. The molecule has 0 amide bonds. The lowest BCUT2D eigenvalue weighted by Crippen LogP contribution is -2.42. The third-order valence-corrected chi connectivity index (χ3v) is 5.13. The highest BCUT2D eigenvalue weighted by Crippen LogP contribution is 2.38. The van der Waals surface area contributed by atoms with Gasteiger partial charge >= 0.3 is 0 Å². The van der Waals surface area contributed by atoms with E-state index in [0.717, 1.165) is 30.1 Å². The highest BCUT2D eigenvalue weighted by Gasteiger charge is 2.35. The maximum atomic E-state index is 5.67. The van der Waals surface area contributed by atoms with Gasteiger partial charge in [-0.3, -0.25) is 5.10 Å². The fourth-order valence-electron chi connectivity index (χ4n) is 3.58. The van der Waals surface area contributed by atoms with E-state index in [4.69, 9.17) is 9.26 Å². The Morgan fingerprint density at radius 2 is 2.03 bits per heavy atom. The summed E-state index contributed by atoms with van der Waals surface area (Å²) in [7, 11) is 0. The van der Waals surface area contributed by atoms with Crippen LogP contribution in [-0.2, 0) is 0 Å². The topological polar surface area (TPSA) is 131 Å². The number of hydrogen-bond acceptors (Lipinski definition) is 10. The summed E-state index contributed by atoms with van der Waals surface area (Å²) in [4.78, 5) is 20.0. The van der Waals surface area contributed by atoms with Crippen LogP contribution in [0.2, 0.25) is 0 Å². The molecule has 0 bridgehead atoms. The minimum Gasteiger partial charge on any atom is -0.476 e. The summed E-state index contributed by atoms with van der Waals surface area (Å²) in [5, 5.41) is 14.6. The van der Waals surface area contributed by atoms with Crippen molar-refractivity contribution in [3.05, 3.63) is 47.7 Å². The number of nitrogens with zero attached hydrogens (tertiary/aromatic N) is 7. The maximum absolute atomic E-state index is 5.67. The van der Waals surface area contributed by atoms with Crippen LogP contribution in [-0.4, -0.2) is 48.4 Å². The minimum absolute atomic E-state index is 0.00857. The molecule has 1 atom stereocenters. The molecule has 0 spiro atoms. The third kappa shape index (κ3) is 3.84. The van der Waals surface area contributed by atoms with E-state index in [1.165, 1.54) is 0 Å². The molecule has 32 heavy (non-hydrogen) atoms. The largest absolute Gasteiger partial charge is 0.476 e. The van der Waals surface area contributed by atoms with Crippen LogP contribution in [0.25, 0.3) is 11.4 Å². The molecule has 4 aromatic rings. The average Bonchev–Trinajstić information content (AvgIpc) is 3.37. The van der Waals surface area contributed by atoms with Crippen LogP contribution in [0, 0.1) is 13.8 Å². The Labute approximate surface area is 184 Å². The number of hydrogen-bond donors (Lipinski definition) is 2. The van der Waals surface area contributed by atoms with Gasteiger partial charge in [0.1, 0.15) is 11.5 Å². The average molecular weight is 433 g/mol. The molecule has 2 N–H and O–H groups in total. The molecule has 5 heterocycles. The number of aryl methyl sites for hydroxylation is 2. The first-order valence-electron chi connectivity index (χ1n) is 10.4. The van der Waals surface area contributed by atoms with Gasteiger partial charge in [0.05, 0.1) is 12.6 Å². The molecule has 11 heteroatoms. The fraction of sp³-hybridized carbons (Fsp3) is 0.333. The highest BCUT2D eigenvalue weighted by atomic mass is 16.5. The molecule has 4 aromatic heterocycles. The van der Waals surface area contributed by atoms with E-state index in [1.807, 2.05) is 39.0 Å². The summed E-state index contributed by atoms with van der Waals surface area (Å²) in [5.41, 5.74) is 2.97. The van der Waals surface area contributed by atoms with E-state index >= 15 is 0 Å². The van der Waals surface area contributed by atoms with Crippen LogP contribution in [0.5, 0.6) is 5.88 Å². The number of nitrogens with one attached hydrogen (secondary N) is 2. The molecule has 1 fully saturated rings. The molecule has 1 aliphatic heterocycles. The molecule has 5 rings (SSSR count). The van der Waals surface area contributed by atoms with E-state index in [9.17, 15) is 0 Å². The molecule has 0 aromatic carbocycles. The van der Waals surface area contributed by atoms with Gasteiger partial charge in [-0.05, 0) is 27.2 Å². The smallest absolute Gasteiger partial charge is 0.242 e. The van der Waals surface area contributed by atoms with Crippen molar-refractivity contribution in [3.8, 4) is 17.3 Å². The Morgan fingerprint density at radius 3 is 2.78 bits per heavy atom. The van der Waals surface area contributed by atoms with Gasteiger partial charge in [0.2, 0.25) is 11.8 Å². The zero-order valence-electron chi connectivity index (χ0n) is 18.0. The zero-order valence-corrected chi connectivity index (χ0v) is 18.0. The van der Waals surface area contributed by atoms with Crippen molar-refractivity contribution in [3.63, 3.8) is 0 Å². The Balaban J connectivity index is 1.38. The van der Waals surface area contributed by atoms with Gasteiger partial charge < -0.3 is 19.5 Å². The lowest BCUT2D eigenvalue weighted by molar-refractivity contribution is 0.314. The van der Waals surface area contributed by atoms with Crippen LogP contribution >= 0.6 is 0 Å². The van der Waals surface area contributed by atoms with Crippen LogP contribution in [0.15, 0.2) is 35.1 Å². The van der Waals surface area contributed by atoms with Gasteiger partial charge in [0, 0.05) is 48.5 Å². The van der Waals surface area contributed by atoms with Crippen molar-refractivity contribution in [2.24, 2.45) is 0 Å². The lowest BCUT2D eigenvalue weighted by atomic mass is 10.0. The molecule has 1 aliphatic rings. The molecule has 0 unspecified atom stereocenters. The fourth-order valence-corrected chi connectivity index (χ4v) is 3.58. The molecule has 11 nitrogen and oxygen atoms in total. The molecule has 0 saturated carbocycles. The van der Waals surface area contributed by atoms with E-state index in [-0.39, 0.29) is 6.04 Å². The normalized spacial score (nSPS) is 15.5. The van der Waals surface area contributed by atoms with Gasteiger partial charge in [-0.15, -0.1) is 0 Å². The van der Waals surface area contributed by atoms with Crippen molar-refractivity contribution in [2.75, 3.05) is 23.4 Å². The first-order chi connectivity index (χ1) is 15.6. The standard InChI is InChI=1S/C21H23N9O2/c1-4-31-20-19(22-6-7-23-20)14-11-16(32-29-14)15-5-8-30(15)21-24-12(2)9-17(26-21)25-18-10-13(3)27-28-18/h6-7,9-11,15H,4-5,8H2,1-3H3,(H2,24,25,26,27,28)/t15-/m0/s1. The van der Waals surface area contributed by atoms with Gasteiger partial charge in [-0.2, -0.15) is 10.1 Å². The van der Waals surface area contributed by atoms with Crippen molar-refractivity contribution in [2.45, 2.75) is 33.2 Å². The number of ether oxygens (including phenoxy) is 1. The van der Waals surface area contributed by atoms with Crippen molar-refractivity contribution >= 4 is 17.6 Å². The lowest BCUT2D eigenvalue weighted by Gasteiger charge is -2.39. The van der Waals surface area contributed by atoms with Gasteiger partial charge in [-0.1, -0.05) is 5.16 Å². The Morgan fingerprint density at radius 1 is 1.16 bits per heavy atom. The van der Waals surface area contributed by atoms with E-state index in [1.54, 1.807) is 12.4 Å². The Hall–Kier alpha value is -4.02. The van der Waals surface area contributed by atoms with Crippen molar-refractivity contribution in [1.82, 2.24) is 35.3 Å². The maximum Gasteiger partial charge on any atom is 0.242 e. The highest BCUT2D eigenvalue weighted by molar-refractivity contribution is 5.60. The van der Waals surface area contributed by atoms with Gasteiger partial charge in [0.15, 0.2) is 17.3 Å². The summed E-state index contributed by atoms with van der Waals surface area (Å²) in [6, 6.07) is 5.68. The van der Waals surface area contributed by atoms with E-state index < -0.39 is 0 Å². The number of aromatic nitrogens is 7. The Kier molecular flexibility index (Phi) is 5.13. The minimum atomic E-state index is -0.00857. The summed E-state index contributed by atoms with van der Waals surface area (Å²) < 4.78 is 11.2. The molecular weight excluding hydrogens is 410 g/mol.